The zero-order chi connectivity index (χ0) is 24.9. The molecule has 2 amide bonds. The second kappa shape index (κ2) is 10.2. The number of H-pyrrole nitrogens is 1. The first kappa shape index (κ1) is 23.7. The number of anilines is 2. The van der Waals surface area contributed by atoms with Crippen molar-refractivity contribution in [3.63, 3.8) is 0 Å². The molecule has 2 aromatic heterocycles. The zero-order valence-electron chi connectivity index (χ0n) is 18.4. The number of nitrogens with one attached hydrogen (secondary N) is 4. The summed E-state index contributed by atoms with van der Waals surface area (Å²) in [6, 6.07) is 7.09. The Morgan fingerprint density at radius 2 is 1.74 bits per heavy atom. The van der Waals surface area contributed by atoms with Gasteiger partial charge in [0.05, 0.1) is 17.8 Å². The number of carbonyl (C=O) groups is 1. The van der Waals surface area contributed by atoms with Gasteiger partial charge in [0, 0.05) is 44.3 Å². The smallest absolute Gasteiger partial charge is 0.326 e. The van der Waals surface area contributed by atoms with Crippen LogP contribution in [-0.2, 0) is 20.1 Å². The average Bonchev–Trinajstić information content (AvgIpc) is 3.23. The molecule has 0 spiro atoms. The number of halogens is 3. The third kappa shape index (κ3) is 5.73. The predicted octanol–water partition coefficient (Wildman–Crippen LogP) is 3.52. The van der Waals surface area contributed by atoms with Crippen LogP contribution in [0.5, 0.6) is 0 Å². The van der Waals surface area contributed by atoms with Crippen LogP contribution in [0.4, 0.5) is 29.6 Å². The van der Waals surface area contributed by atoms with E-state index in [0.717, 1.165) is 11.4 Å². The third-order valence-electron chi connectivity index (χ3n) is 5.09. The van der Waals surface area contributed by atoms with Crippen molar-refractivity contribution in [1.82, 2.24) is 24.8 Å². The highest BCUT2D eigenvalue weighted by atomic mass is 19.2. The van der Waals surface area contributed by atoms with Gasteiger partial charge in [-0.2, -0.15) is 0 Å². The quantitative estimate of drug-likeness (QED) is 0.300. The number of aromatic amines is 1. The third-order valence-corrected chi connectivity index (χ3v) is 5.09. The molecule has 4 rings (SSSR count). The topological polar surface area (TPSA) is 117 Å². The summed E-state index contributed by atoms with van der Waals surface area (Å²) in [5.74, 6) is -3.17. The van der Waals surface area contributed by atoms with E-state index < -0.39 is 34.7 Å². The highest BCUT2D eigenvalue weighted by Crippen LogP contribution is 2.19. The standard InChI is InChI=1S/C23H20F3N7O2/c1-33-7-6-28-20(33)12-27-10-13-2-4-14(5-3-13)15-11-29-22(31-21(15)34)32-23(35)30-19-9-17(25)16(24)8-18(19)26/h2-9,11,27H,10,12H2,1H3,(H3,29,30,31,32,34,35). The molecule has 2 aromatic carbocycles. The molecule has 12 heteroatoms. The van der Waals surface area contributed by atoms with Gasteiger partial charge in [0.15, 0.2) is 11.6 Å². The molecule has 0 aliphatic heterocycles. The van der Waals surface area contributed by atoms with Crippen LogP contribution in [0.2, 0.25) is 0 Å². The van der Waals surface area contributed by atoms with Gasteiger partial charge in [-0.25, -0.2) is 27.9 Å². The van der Waals surface area contributed by atoms with Crippen molar-refractivity contribution >= 4 is 17.7 Å². The van der Waals surface area contributed by atoms with Crippen molar-refractivity contribution in [3.05, 3.63) is 94.2 Å². The molecule has 0 radical (unpaired) electrons. The number of imidazole rings is 1. The van der Waals surface area contributed by atoms with Gasteiger partial charge in [-0.15, -0.1) is 0 Å². The van der Waals surface area contributed by atoms with Crippen LogP contribution < -0.4 is 21.5 Å². The van der Waals surface area contributed by atoms with Gasteiger partial charge in [0.1, 0.15) is 11.6 Å². The Bertz CT molecular complexity index is 1420. The van der Waals surface area contributed by atoms with Crippen molar-refractivity contribution < 1.29 is 18.0 Å². The molecule has 0 bridgehead atoms. The summed E-state index contributed by atoms with van der Waals surface area (Å²) in [4.78, 5) is 35.2. The second-order valence-electron chi connectivity index (χ2n) is 7.55. The van der Waals surface area contributed by atoms with E-state index in [1.807, 2.05) is 35.3 Å². The number of nitrogens with zero attached hydrogens (tertiary/aromatic N) is 3. The summed E-state index contributed by atoms with van der Waals surface area (Å²) >= 11 is 0. The van der Waals surface area contributed by atoms with Gasteiger partial charge in [0.2, 0.25) is 5.95 Å². The Morgan fingerprint density at radius 1 is 1.00 bits per heavy atom. The number of hydrogen-bond donors (Lipinski definition) is 4. The normalized spacial score (nSPS) is 10.9. The number of carbonyl (C=O) groups excluding carboxylic acids is 1. The number of urea groups is 1. The Kier molecular flexibility index (Phi) is 6.92. The first-order valence-electron chi connectivity index (χ1n) is 10.4. The summed E-state index contributed by atoms with van der Waals surface area (Å²) in [7, 11) is 1.92. The Labute approximate surface area is 197 Å². The molecule has 0 aliphatic rings. The van der Waals surface area contributed by atoms with Crippen LogP contribution in [0.25, 0.3) is 11.1 Å². The lowest BCUT2D eigenvalue weighted by molar-refractivity contribution is 0.262. The van der Waals surface area contributed by atoms with Crippen LogP contribution in [0, 0.1) is 17.5 Å². The Morgan fingerprint density at radius 3 is 2.43 bits per heavy atom. The molecule has 0 aliphatic carbocycles. The van der Waals surface area contributed by atoms with Gasteiger partial charge < -0.3 is 15.2 Å². The molecule has 35 heavy (non-hydrogen) atoms. The van der Waals surface area contributed by atoms with E-state index in [4.69, 9.17) is 0 Å². The monoisotopic (exact) mass is 483 g/mol. The number of aryl methyl sites for hydroxylation is 1. The van der Waals surface area contributed by atoms with Gasteiger partial charge in [-0.1, -0.05) is 24.3 Å². The minimum atomic E-state index is -1.39. The highest BCUT2D eigenvalue weighted by Gasteiger charge is 2.14. The summed E-state index contributed by atoms with van der Waals surface area (Å²) < 4.78 is 41.9. The summed E-state index contributed by atoms with van der Waals surface area (Å²) in [6.45, 7) is 1.22. The van der Waals surface area contributed by atoms with Gasteiger partial charge in [-0.3, -0.25) is 15.1 Å². The maximum atomic E-state index is 13.7. The van der Waals surface area contributed by atoms with E-state index in [2.05, 4.69) is 25.6 Å². The summed E-state index contributed by atoms with van der Waals surface area (Å²) in [5.41, 5.74) is 0.804. The second-order valence-corrected chi connectivity index (χ2v) is 7.55. The zero-order valence-corrected chi connectivity index (χ0v) is 18.4. The number of benzene rings is 2. The molecular formula is C23H20F3N7O2. The Balaban J connectivity index is 1.37. The van der Waals surface area contributed by atoms with Crippen LogP contribution in [0.3, 0.4) is 0 Å². The lowest BCUT2D eigenvalue weighted by Crippen LogP contribution is -2.24. The lowest BCUT2D eigenvalue weighted by atomic mass is 10.1. The summed E-state index contributed by atoms with van der Waals surface area (Å²) in [5, 5.41) is 7.52. The molecule has 0 fully saturated rings. The molecule has 4 N–H and O–H groups in total. The minimum absolute atomic E-state index is 0.214. The molecular weight excluding hydrogens is 463 g/mol. The minimum Gasteiger partial charge on any atom is -0.337 e. The molecule has 4 aromatic rings. The fourth-order valence-corrected chi connectivity index (χ4v) is 3.23. The van der Waals surface area contributed by atoms with Crippen LogP contribution >= 0.6 is 0 Å². The molecule has 0 atom stereocenters. The van der Waals surface area contributed by atoms with E-state index in [1.54, 1.807) is 18.3 Å². The fourth-order valence-electron chi connectivity index (χ4n) is 3.23. The lowest BCUT2D eigenvalue weighted by Gasteiger charge is -2.09. The van der Waals surface area contributed by atoms with E-state index in [9.17, 15) is 22.8 Å². The van der Waals surface area contributed by atoms with Crippen LogP contribution in [0.1, 0.15) is 11.4 Å². The number of amides is 2. The van der Waals surface area contributed by atoms with E-state index >= 15 is 0 Å². The largest absolute Gasteiger partial charge is 0.337 e. The van der Waals surface area contributed by atoms with Gasteiger partial charge in [-0.05, 0) is 11.1 Å². The Hall–Kier alpha value is -4.45. The van der Waals surface area contributed by atoms with Crippen LogP contribution in [-0.4, -0.2) is 25.6 Å². The first-order valence-corrected chi connectivity index (χ1v) is 10.4. The van der Waals surface area contributed by atoms with E-state index in [1.165, 1.54) is 6.20 Å². The van der Waals surface area contributed by atoms with Gasteiger partial charge in [0.25, 0.3) is 5.56 Å². The van der Waals surface area contributed by atoms with Gasteiger partial charge >= 0.3 is 6.03 Å². The number of hydrogen-bond acceptors (Lipinski definition) is 5. The van der Waals surface area contributed by atoms with Crippen LogP contribution in [0.15, 0.2) is 59.8 Å². The van der Waals surface area contributed by atoms with E-state index in [0.29, 0.717) is 30.8 Å². The summed E-state index contributed by atoms with van der Waals surface area (Å²) in [6.07, 6.45) is 4.88. The molecule has 2 heterocycles. The number of aromatic nitrogens is 4. The predicted molar refractivity (Wildman–Crippen MR) is 123 cm³/mol. The first-order chi connectivity index (χ1) is 16.8. The van der Waals surface area contributed by atoms with Crippen molar-refractivity contribution in [2.24, 2.45) is 7.05 Å². The molecule has 0 unspecified atom stereocenters. The maximum Gasteiger partial charge on any atom is 0.326 e. The molecule has 9 nitrogen and oxygen atoms in total. The molecule has 180 valence electrons. The fraction of sp³-hybridized carbons (Fsp3) is 0.130. The molecule has 0 saturated carbocycles. The van der Waals surface area contributed by atoms with Crippen molar-refractivity contribution in [2.45, 2.75) is 13.1 Å². The van der Waals surface area contributed by atoms with Crippen molar-refractivity contribution in [1.29, 1.82) is 0 Å². The highest BCUT2D eigenvalue weighted by molar-refractivity contribution is 5.98. The molecule has 0 saturated heterocycles. The maximum absolute atomic E-state index is 13.7. The number of rotatable bonds is 7. The van der Waals surface area contributed by atoms with E-state index in [-0.39, 0.29) is 11.5 Å². The van der Waals surface area contributed by atoms with Crippen molar-refractivity contribution in [3.8, 4) is 11.1 Å². The average molecular weight is 483 g/mol. The SMILES string of the molecule is Cn1ccnc1CNCc1ccc(-c2cnc(NC(=O)Nc3cc(F)c(F)cc3F)[nH]c2=O)cc1. The van der Waals surface area contributed by atoms with Crippen molar-refractivity contribution in [2.75, 3.05) is 10.6 Å².